The monoisotopic (exact) mass is 371 g/mol. The maximum Gasteiger partial charge on any atom is 0.330 e. The Hall–Kier alpha value is -2.94. The molecular weight excluding hydrogens is 354 g/mol. The van der Waals surface area contributed by atoms with E-state index in [-0.39, 0.29) is 5.91 Å². The Labute approximate surface area is 152 Å². The van der Waals surface area contributed by atoms with E-state index in [1.165, 1.54) is 29.1 Å². The van der Waals surface area contributed by atoms with Gasteiger partial charge in [-0.3, -0.25) is 14.2 Å². The van der Waals surface area contributed by atoms with E-state index in [4.69, 9.17) is 0 Å². The van der Waals surface area contributed by atoms with Crippen LogP contribution in [0.25, 0.3) is 10.2 Å². The third-order valence-corrected chi connectivity index (χ3v) is 5.62. The Morgan fingerprint density at radius 3 is 2.62 bits per heavy atom. The van der Waals surface area contributed by atoms with Crippen molar-refractivity contribution >= 4 is 33.1 Å². The first kappa shape index (κ1) is 16.5. The lowest BCUT2D eigenvalue weighted by Gasteiger charge is -2.26. The number of anilines is 1. The number of carbonyl (C=O) groups excluding carboxylic acids is 1. The molecule has 3 aromatic heterocycles. The Morgan fingerprint density at radius 2 is 1.88 bits per heavy atom. The molecule has 1 atom stereocenters. The van der Waals surface area contributed by atoms with Gasteiger partial charge in [-0.15, -0.1) is 11.3 Å². The van der Waals surface area contributed by atoms with Crippen molar-refractivity contribution in [3.63, 3.8) is 0 Å². The van der Waals surface area contributed by atoms with E-state index < -0.39 is 17.4 Å². The smallest absolute Gasteiger partial charge is 0.330 e. The SMILES string of the molecule is Cc1cc(C)c2c3c(sc2n1)C(=O)N[C@@H](c1cn(C)c(=O)n(C)c1=O)N3. The van der Waals surface area contributed by atoms with Crippen molar-refractivity contribution in [3.05, 3.63) is 54.8 Å². The third kappa shape index (κ3) is 2.27. The van der Waals surface area contributed by atoms with Crippen LogP contribution in [0.4, 0.5) is 5.69 Å². The van der Waals surface area contributed by atoms with Crippen LogP contribution in [0.2, 0.25) is 0 Å². The quantitative estimate of drug-likeness (QED) is 0.669. The van der Waals surface area contributed by atoms with Crippen molar-refractivity contribution in [2.75, 3.05) is 5.32 Å². The second kappa shape index (κ2) is 5.53. The molecular formula is C17H17N5O3S. The summed E-state index contributed by atoms with van der Waals surface area (Å²) >= 11 is 1.32. The molecule has 1 amide bonds. The largest absolute Gasteiger partial charge is 0.359 e. The number of nitrogens with zero attached hydrogens (tertiary/aromatic N) is 3. The Balaban J connectivity index is 1.91. The summed E-state index contributed by atoms with van der Waals surface area (Å²) in [5.74, 6) is -0.264. The first-order valence-electron chi connectivity index (χ1n) is 8.02. The van der Waals surface area contributed by atoms with Crippen LogP contribution in [-0.2, 0) is 14.1 Å². The summed E-state index contributed by atoms with van der Waals surface area (Å²) in [4.78, 5) is 42.9. The van der Waals surface area contributed by atoms with E-state index in [1.807, 2.05) is 19.9 Å². The summed E-state index contributed by atoms with van der Waals surface area (Å²) < 4.78 is 2.35. The van der Waals surface area contributed by atoms with Crippen LogP contribution in [-0.4, -0.2) is 20.0 Å². The fourth-order valence-electron chi connectivity index (χ4n) is 3.31. The zero-order chi connectivity index (χ0) is 18.7. The molecule has 2 N–H and O–H groups in total. The minimum atomic E-state index is -0.723. The normalized spacial score (nSPS) is 16.3. The highest BCUT2D eigenvalue weighted by Gasteiger charge is 2.31. The van der Waals surface area contributed by atoms with Gasteiger partial charge < -0.3 is 15.2 Å². The van der Waals surface area contributed by atoms with E-state index in [0.717, 1.165) is 26.0 Å². The minimum Gasteiger partial charge on any atom is -0.359 e. The number of thiophene rings is 1. The van der Waals surface area contributed by atoms with Crippen molar-refractivity contribution in [2.24, 2.45) is 14.1 Å². The molecule has 0 bridgehead atoms. The van der Waals surface area contributed by atoms with Gasteiger partial charge in [0, 0.05) is 31.4 Å². The van der Waals surface area contributed by atoms with Crippen LogP contribution in [0, 0.1) is 13.8 Å². The van der Waals surface area contributed by atoms with Crippen LogP contribution in [0.1, 0.15) is 32.7 Å². The summed E-state index contributed by atoms with van der Waals surface area (Å²) in [6.45, 7) is 3.88. The molecule has 0 aromatic carbocycles. The van der Waals surface area contributed by atoms with Gasteiger partial charge in [-0.25, -0.2) is 9.78 Å². The van der Waals surface area contributed by atoms with Crippen LogP contribution in [0.15, 0.2) is 21.9 Å². The fraction of sp³-hybridized carbons (Fsp3) is 0.294. The molecule has 8 nitrogen and oxygen atoms in total. The number of amides is 1. The lowest BCUT2D eigenvalue weighted by atomic mass is 10.1. The maximum atomic E-state index is 12.6. The molecule has 0 aliphatic carbocycles. The molecule has 9 heteroatoms. The highest BCUT2D eigenvalue weighted by Crippen LogP contribution is 2.40. The molecule has 0 fully saturated rings. The zero-order valence-corrected chi connectivity index (χ0v) is 15.5. The molecule has 0 radical (unpaired) electrons. The number of hydrogen-bond donors (Lipinski definition) is 2. The van der Waals surface area contributed by atoms with E-state index >= 15 is 0 Å². The maximum absolute atomic E-state index is 12.6. The molecule has 0 unspecified atom stereocenters. The van der Waals surface area contributed by atoms with Gasteiger partial charge in [0.05, 0.1) is 11.3 Å². The van der Waals surface area contributed by atoms with Crippen molar-refractivity contribution in [3.8, 4) is 0 Å². The predicted octanol–water partition coefficient (Wildman–Crippen LogP) is 1.16. The van der Waals surface area contributed by atoms with Crippen molar-refractivity contribution in [1.29, 1.82) is 0 Å². The van der Waals surface area contributed by atoms with Crippen LogP contribution in [0.5, 0.6) is 0 Å². The van der Waals surface area contributed by atoms with Crippen molar-refractivity contribution in [2.45, 2.75) is 20.0 Å². The molecule has 0 saturated heterocycles. The van der Waals surface area contributed by atoms with Crippen molar-refractivity contribution in [1.82, 2.24) is 19.4 Å². The van der Waals surface area contributed by atoms with Gasteiger partial charge >= 0.3 is 5.69 Å². The van der Waals surface area contributed by atoms with Crippen LogP contribution < -0.4 is 21.9 Å². The van der Waals surface area contributed by atoms with Crippen LogP contribution >= 0.6 is 11.3 Å². The Kier molecular flexibility index (Phi) is 3.52. The number of nitrogens with one attached hydrogen (secondary N) is 2. The molecule has 3 aromatic rings. The lowest BCUT2D eigenvalue weighted by Crippen LogP contribution is -2.45. The predicted molar refractivity (Wildman–Crippen MR) is 99.8 cm³/mol. The van der Waals surface area contributed by atoms with Gasteiger partial charge in [0.25, 0.3) is 11.5 Å². The highest BCUT2D eigenvalue weighted by atomic mass is 32.1. The van der Waals surface area contributed by atoms with Gasteiger partial charge in [0.15, 0.2) is 0 Å². The summed E-state index contributed by atoms with van der Waals surface area (Å²) in [5.41, 5.74) is 2.01. The van der Waals surface area contributed by atoms with Gasteiger partial charge in [0.2, 0.25) is 0 Å². The number of carbonyl (C=O) groups is 1. The lowest BCUT2D eigenvalue weighted by molar-refractivity contribution is 0.0939. The molecule has 26 heavy (non-hydrogen) atoms. The van der Waals surface area contributed by atoms with E-state index in [2.05, 4.69) is 15.6 Å². The summed E-state index contributed by atoms with van der Waals surface area (Å²) in [6.07, 6.45) is 0.733. The van der Waals surface area contributed by atoms with Gasteiger partial charge in [-0.05, 0) is 25.5 Å². The number of pyridine rings is 1. The van der Waals surface area contributed by atoms with E-state index in [0.29, 0.717) is 16.1 Å². The number of aromatic nitrogens is 3. The average Bonchev–Trinajstić information content (AvgIpc) is 2.95. The second-order valence-corrected chi connectivity index (χ2v) is 7.46. The van der Waals surface area contributed by atoms with Crippen LogP contribution in [0.3, 0.4) is 0 Å². The summed E-state index contributed by atoms with van der Waals surface area (Å²) in [7, 11) is 2.99. The third-order valence-electron chi connectivity index (χ3n) is 4.54. The van der Waals surface area contributed by atoms with Crippen molar-refractivity contribution < 1.29 is 4.79 Å². The molecule has 1 aliphatic rings. The molecule has 4 rings (SSSR count). The number of rotatable bonds is 1. The Bertz CT molecular complexity index is 1200. The first-order valence-corrected chi connectivity index (χ1v) is 8.84. The molecule has 4 heterocycles. The standard InChI is InChI=1S/C17H17N5O3S/c1-7-5-8(2)18-15-10(7)11-12(26-15)14(23)20-13(19-11)9-6-21(3)17(25)22(4)16(9)24/h5-6,13,19H,1-4H3,(H,20,23)/t13-/m0/s1. The zero-order valence-electron chi connectivity index (χ0n) is 14.7. The van der Waals surface area contributed by atoms with E-state index in [1.54, 1.807) is 7.05 Å². The van der Waals surface area contributed by atoms with E-state index in [9.17, 15) is 14.4 Å². The molecule has 1 aliphatic heterocycles. The summed E-state index contributed by atoms with van der Waals surface area (Å²) in [5, 5.41) is 6.94. The minimum absolute atomic E-state index is 0.264. The highest BCUT2D eigenvalue weighted by molar-refractivity contribution is 7.21. The summed E-state index contributed by atoms with van der Waals surface area (Å²) in [6, 6.07) is 1.96. The molecule has 134 valence electrons. The number of hydrogen-bond acceptors (Lipinski definition) is 6. The van der Waals surface area contributed by atoms with Gasteiger partial charge in [0.1, 0.15) is 15.9 Å². The second-order valence-electron chi connectivity index (χ2n) is 6.46. The molecule has 0 saturated carbocycles. The fourth-order valence-corrected chi connectivity index (χ4v) is 4.47. The van der Waals surface area contributed by atoms with Gasteiger partial charge in [-0.2, -0.15) is 0 Å². The topological polar surface area (TPSA) is 98.0 Å². The Morgan fingerprint density at radius 1 is 1.15 bits per heavy atom. The number of fused-ring (bicyclic) bond motifs is 3. The number of aryl methyl sites for hydroxylation is 3. The molecule has 0 spiro atoms. The first-order chi connectivity index (χ1) is 12.3. The van der Waals surface area contributed by atoms with Gasteiger partial charge in [-0.1, -0.05) is 0 Å². The average molecular weight is 371 g/mol.